The third-order valence-corrected chi connectivity index (χ3v) is 12.1. The highest BCUT2D eigenvalue weighted by atomic mass is 16.5. The van der Waals surface area contributed by atoms with E-state index in [0.717, 1.165) is 44.1 Å². The zero-order chi connectivity index (χ0) is 39.5. The summed E-state index contributed by atoms with van der Waals surface area (Å²) in [6, 6.07) is 0. The fourth-order valence-electron chi connectivity index (χ4n) is 7.89. The van der Waals surface area contributed by atoms with Gasteiger partial charge in [0.25, 0.3) is 0 Å². The van der Waals surface area contributed by atoms with E-state index in [1.165, 1.54) is 90.6 Å². The molecule has 4 heterocycles. The second-order valence-electron chi connectivity index (χ2n) is 23.0. The van der Waals surface area contributed by atoms with Crippen molar-refractivity contribution < 1.29 is 4.74 Å². The molecule has 0 aromatic rings. The van der Waals surface area contributed by atoms with Gasteiger partial charge in [0.15, 0.2) is 0 Å². The molecule has 1 saturated carbocycles. The zero-order valence-electron chi connectivity index (χ0n) is 38.7. The van der Waals surface area contributed by atoms with Crippen molar-refractivity contribution in [2.45, 2.75) is 205 Å². The molecular formula is C46H96N4O. The van der Waals surface area contributed by atoms with Gasteiger partial charge in [-0.15, -0.1) is 0 Å². The van der Waals surface area contributed by atoms with E-state index in [2.05, 4.69) is 151 Å². The first-order valence-electron chi connectivity index (χ1n) is 21.6. The molecule has 5 heteroatoms. The molecule has 1 aliphatic carbocycles. The summed E-state index contributed by atoms with van der Waals surface area (Å²) < 4.78 is 5.25. The van der Waals surface area contributed by atoms with Gasteiger partial charge in [-0.1, -0.05) is 67.7 Å². The Labute approximate surface area is 322 Å². The molecule has 4 aliphatic heterocycles. The average Bonchev–Trinajstić information content (AvgIpc) is 3.44. The van der Waals surface area contributed by atoms with Crippen LogP contribution in [0.5, 0.6) is 0 Å². The van der Waals surface area contributed by atoms with Crippen LogP contribution in [0.15, 0.2) is 0 Å². The minimum absolute atomic E-state index is 0.323. The number of piperidine rings is 1. The molecule has 0 amide bonds. The summed E-state index contributed by atoms with van der Waals surface area (Å²) in [7, 11) is 0. The van der Waals surface area contributed by atoms with Crippen LogP contribution >= 0.6 is 0 Å². The van der Waals surface area contributed by atoms with Crippen LogP contribution in [0.1, 0.15) is 183 Å². The molecule has 0 radical (unpaired) electrons. The Balaban J connectivity index is 0.000000319. The van der Waals surface area contributed by atoms with Crippen molar-refractivity contribution in [3.63, 3.8) is 0 Å². The number of nitrogens with zero attached hydrogens (tertiary/aromatic N) is 4. The summed E-state index contributed by atoms with van der Waals surface area (Å²) in [5, 5.41) is 0. The van der Waals surface area contributed by atoms with Crippen molar-refractivity contribution in [1.82, 2.24) is 19.6 Å². The third-order valence-electron chi connectivity index (χ3n) is 12.1. The Morgan fingerprint density at radius 1 is 0.451 bits per heavy atom. The molecule has 5 aliphatic rings. The lowest BCUT2D eigenvalue weighted by Crippen LogP contribution is -2.60. The van der Waals surface area contributed by atoms with Crippen LogP contribution in [0, 0.1) is 28.6 Å². The Bertz CT molecular complexity index is 849. The molecule has 1 unspecified atom stereocenters. The van der Waals surface area contributed by atoms with Gasteiger partial charge >= 0.3 is 0 Å². The first-order valence-corrected chi connectivity index (χ1v) is 21.6. The van der Waals surface area contributed by atoms with Crippen LogP contribution < -0.4 is 0 Å². The Morgan fingerprint density at radius 3 is 1.08 bits per heavy atom. The molecule has 0 spiro atoms. The Morgan fingerprint density at radius 2 is 0.824 bits per heavy atom. The molecular weight excluding hydrogens is 625 g/mol. The number of ether oxygens (including phenoxy) is 1. The quantitative estimate of drug-likeness (QED) is 0.248. The summed E-state index contributed by atoms with van der Waals surface area (Å²) in [6.45, 7) is 55.6. The van der Waals surface area contributed by atoms with Gasteiger partial charge < -0.3 is 4.74 Å². The maximum Gasteiger partial charge on any atom is 0.0594 e. The first kappa shape index (κ1) is 48.8. The summed E-state index contributed by atoms with van der Waals surface area (Å²) in [5.41, 5.74) is 2.64. The minimum atomic E-state index is 0.323. The maximum atomic E-state index is 5.25. The molecule has 5 fully saturated rings. The van der Waals surface area contributed by atoms with Gasteiger partial charge in [-0.25, -0.2) is 0 Å². The van der Waals surface area contributed by atoms with E-state index < -0.39 is 0 Å². The van der Waals surface area contributed by atoms with Crippen LogP contribution in [-0.2, 0) is 4.74 Å². The second-order valence-corrected chi connectivity index (χ2v) is 23.0. The summed E-state index contributed by atoms with van der Waals surface area (Å²) in [5.74, 6) is 2.87. The minimum Gasteiger partial charge on any atom is -0.379 e. The van der Waals surface area contributed by atoms with E-state index in [1.54, 1.807) is 0 Å². The van der Waals surface area contributed by atoms with Gasteiger partial charge in [-0.05, 0) is 163 Å². The predicted molar refractivity (Wildman–Crippen MR) is 228 cm³/mol. The predicted octanol–water partition coefficient (Wildman–Crippen LogP) is 11.5. The molecule has 0 bridgehead atoms. The molecule has 5 nitrogen and oxygen atoms in total. The molecule has 0 aromatic heterocycles. The van der Waals surface area contributed by atoms with Crippen molar-refractivity contribution in [3.05, 3.63) is 0 Å². The maximum absolute atomic E-state index is 5.25. The van der Waals surface area contributed by atoms with Crippen molar-refractivity contribution in [2.75, 3.05) is 65.6 Å². The van der Waals surface area contributed by atoms with Crippen LogP contribution in [-0.4, -0.2) is 107 Å². The lowest BCUT2D eigenvalue weighted by atomic mass is 9.72. The van der Waals surface area contributed by atoms with E-state index >= 15 is 0 Å². The molecule has 1 atom stereocenters. The number of hydrogen-bond acceptors (Lipinski definition) is 5. The van der Waals surface area contributed by atoms with Crippen molar-refractivity contribution in [3.8, 4) is 0 Å². The van der Waals surface area contributed by atoms with Gasteiger partial charge in [0.05, 0.1) is 13.2 Å². The lowest BCUT2D eigenvalue weighted by Gasteiger charge is -2.52. The molecule has 5 rings (SSSR count). The summed E-state index contributed by atoms with van der Waals surface area (Å²) in [6.07, 6.45) is 11.5. The average molecular weight is 721 g/mol. The highest BCUT2D eigenvalue weighted by molar-refractivity contribution is 4.94. The molecule has 51 heavy (non-hydrogen) atoms. The largest absolute Gasteiger partial charge is 0.379 e. The number of rotatable bonds is 0. The van der Waals surface area contributed by atoms with Gasteiger partial charge in [-0.3, -0.25) is 19.6 Å². The lowest BCUT2D eigenvalue weighted by molar-refractivity contribution is -0.0366. The Hall–Kier alpha value is -0.200. The van der Waals surface area contributed by atoms with Crippen molar-refractivity contribution >= 4 is 0 Å². The van der Waals surface area contributed by atoms with Crippen molar-refractivity contribution in [2.24, 2.45) is 28.6 Å². The first-order chi connectivity index (χ1) is 23.0. The van der Waals surface area contributed by atoms with Crippen molar-refractivity contribution in [1.29, 1.82) is 0 Å². The standard InChI is InChI=1S/C10H21N.C10H20.2C9H19N.C8H17NO/c1-9-5-7-11(8-6-9)10(2,3)4;1-10(2,3)9-7-5-4-6-8-9;1-8(2,3)10-6-9(4,5)7-10;1-8-5-6-10(7-8)9(2,3)4;1-8(2,3)9-4-6-10-7-5-9/h9H,5-8H2,1-4H3;9H,4-8H2,1-3H3;6-7H2,1-5H3;8H,5-7H2,1-4H3;4-7H2,1-3H3. The molecule has 0 aromatic carbocycles. The van der Waals surface area contributed by atoms with Gasteiger partial charge in [0.1, 0.15) is 0 Å². The number of likely N-dealkylation sites (tertiary alicyclic amines) is 3. The van der Waals surface area contributed by atoms with Crippen LogP contribution in [0.3, 0.4) is 0 Å². The topological polar surface area (TPSA) is 22.2 Å². The molecule has 0 N–H and O–H groups in total. The molecule has 306 valence electrons. The smallest absolute Gasteiger partial charge is 0.0594 e. The van der Waals surface area contributed by atoms with Crippen LogP contribution in [0.2, 0.25) is 0 Å². The highest BCUT2D eigenvalue weighted by Gasteiger charge is 2.39. The van der Waals surface area contributed by atoms with E-state index in [0.29, 0.717) is 33.0 Å². The fourth-order valence-corrected chi connectivity index (χ4v) is 7.89. The summed E-state index contributed by atoms with van der Waals surface area (Å²) >= 11 is 0. The number of morpholine rings is 1. The fraction of sp³-hybridized carbons (Fsp3) is 1.00. The monoisotopic (exact) mass is 721 g/mol. The van der Waals surface area contributed by atoms with Gasteiger partial charge in [0.2, 0.25) is 0 Å². The van der Waals surface area contributed by atoms with E-state index in [9.17, 15) is 0 Å². The molecule has 4 saturated heterocycles. The third kappa shape index (κ3) is 20.3. The van der Waals surface area contributed by atoms with E-state index in [1.807, 2.05) is 0 Å². The zero-order valence-corrected chi connectivity index (χ0v) is 38.7. The van der Waals surface area contributed by atoms with Crippen LogP contribution in [0.4, 0.5) is 0 Å². The number of hydrogen-bond donors (Lipinski definition) is 0. The van der Waals surface area contributed by atoms with Crippen LogP contribution in [0.25, 0.3) is 0 Å². The summed E-state index contributed by atoms with van der Waals surface area (Å²) in [4.78, 5) is 10.1. The van der Waals surface area contributed by atoms with E-state index in [-0.39, 0.29) is 0 Å². The van der Waals surface area contributed by atoms with Gasteiger partial charge in [-0.2, -0.15) is 0 Å². The second kappa shape index (κ2) is 20.6. The van der Waals surface area contributed by atoms with Gasteiger partial charge in [0, 0.05) is 54.9 Å². The Kier molecular flexibility index (Phi) is 19.8. The SMILES string of the molecule is CC(C)(C)C1CCCCC1.CC(C)(C)N1CCOCC1.CC1(C)CN(C(C)(C)C)C1.CC1CCN(C(C)(C)C)C1.CC1CCN(C(C)(C)C)CC1. The normalized spacial score (nSPS) is 25.1. The van der Waals surface area contributed by atoms with E-state index in [4.69, 9.17) is 4.74 Å². The highest BCUT2D eigenvalue weighted by Crippen LogP contribution is 2.37.